The van der Waals surface area contributed by atoms with Gasteiger partial charge in [-0.3, -0.25) is 0 Å². The molecule has 0 bridgehead atoms. The Morgan fingerprint density at radius 2 is 2.06 bits per heavy atom. The number of halogens is 2. The summed E-state index contributed by atoms with van der Waals surface area (Å²) in [5, 5.41) is 4.69. The summed E-state index contributed by atoms with van der Waals surface area (Å²) in [5.74, 6) is 1.04. The van der Waals surface area contributed by atoms with Gasteiger partial charge in [0.25, 0.3) is 0 Å². The predicted octanol–water partition coefficient (Wildman–Crippen LogP) is 3.69. The SMILES string of the molecule is Cc1cc(Cl)c(NCCc2nccn2C)cc1Cl. The number of aromatic nitrogens is 2. The Kier molecular flexibility index (Phi) is 4.15. The molecular weight excluding hydrogens is 269 g/mol. The molecule has 0 unspecified atom stereocenters. The molecule has 18 heavy (non-hydrogen) atoms. The number of aryl methyl sites for hydroxylation is 2. The van der Waals surface area contributed by atoms with Crippen molar-refractivity contribution in [2.45, 2.75) is 13.3 Å². The first-order valence-electron chi connectivity index (χ1n) is 5.73. The van der Waals surface area contributed by atoms with Gasteiger partial charge in [-0.2, -0.15) is 0 Å². The third-order valence-corrected chi connectivity index (χ3v) is 3.55. The van der Waals surface area contributed by atoms with Crippen LogP contribution < -0.4 is 5.32 Å². The number of hydrogen-bond acceptors (Lipinski definition) is 2. The molecule has 0 saturated carbocycles. The Hall–Kier alpha value is -1.19. The zero-order chi connectivity index (χ0) is 13.1. The maximum atomic E-state index is 6.15. The summed E-state index contributed by atoms with van der Waals surface area (Å²) in [4.78, 5) is 4.26. The van der Waals surface area contributed by atoms with Crippen molar-refractivity contribution in [2.75, 3.05) is 11.9 Å². The molecule has 2 aromatic rings. The predicted molar refractivity (Wildman–Crippen MR) is 76.6 cm³/mol. The summed E-state index contributed by atoms with van der Waals surface area (Å²) in [6.45, 7) is 2.70. The highest BCUT2D eigenvalue weighted by atomic mass is 35.5. The van der Waals surface area contributed by atoms with Crippen LogP contribution in [0.5, 0.6) is 0 Å². The van der Waals surface area contributed by atoms with E-state index in [1.54, 1.807) is 6.20 Å². The van der Waals surface area contributed by atoms with Crippen LogP contribution in [0.4, 0.5) is 5.69 Å². The normalized spacial score (nSPS) is 10.7. The molecule has 0 radical (unpaired) electrons. The molecule has 96 valence electrons. The summed E-state index contributed by atoms with van der Waals surface area (Å²) < 4.78 is 2.01. The average molecular weight is 284 g/mol. The second-order valence-electron chi connectivity index (χ2n) is 4.21. The Labute approximate surface area is 117 Å². The number of rotatable bonds is 4. The van der Waals surface area contributed by atoms with Gasteiger partial charge in [-0.1, -0.05) is 23.2 Å². The molecule has 0 spiro atoms. The van der Waals surface area contributed by atoms with E-state index in [4.69, 9.17) is 23.2 Å². The van der Waals surface area contributed by atoms with Gasteiger partial charge < -0.3 is 9.88 Å². The fourth-order valence-electron chi connectivity index (χ4n) is 1.73. The molecular formula is C13H15Cl2N3. The second kappa shape index (κ2) is 5.63. The van der Waals surface area contributed by atoms with Crippen LogP contribution >= 0.6 is 23.2 Å². The number of nitrogens with one attached hydrogen (secondary N) is 1. The third-order valence-electron chi connectivity index (χ3n) is 2.83. The van der Waals surface area contributed by atoms with Gasteiger partial charge in [-0.15, -0.1) is 0 Å². The maximum absolute atomic E-state index is 6.15. The van der Waals surface area contributed by atoms with Gasteiger partial charge in [-0.25, -0.2) is 4.98 Å². The number of benzene rings is 1. The molecule has 1 aromatic heterocycles. The number of imidazole rings is 1. The van der Waals surface area contributed by atoms with Crippen molar-refractivity contribution >= 4 is 28.9 Å². The highest BCUT2D eigenvalue weighted by Crippen LogP contribution is 2.28. The molecule has 1 heterocycles. The fraction of sp³-hybridized carbons (Fsp3) is 0.308. The molecule has 2 rings (SSSR count). The van der Waals surface area contributed by atoms with Crippen LogP contribution in [0, 0.1) is 6.92 Å². The minimum absolute atomic E-state index is 0.691. The highest BCUT2D eigenvalue weighted by Gasteiger charge is 2.05. The van der Waals surface area contributed by atoms with Crippen LogP contribution in [0.25, 0.3) is 0 Å². The average Bonchev–Trinajstić information content (AvgIpc) is 2.72. The van der Waals surface area contributed by atoms with Crippen molar-refractivity contribution in [1.29, 1.82) is 0 Å². The van der Waals surface area contributed by atoms with Gasteiger partial charge in [-0.05, 0) is 24.6 Å². The van der Waals surface area contributed by atoms with E-state index in [-0.39, 0.29) is 0 Å². The number of hydrogen-bond donors (Lipinski definition) is 1. The van der Waals surface area contributed by atoms with Gasteiger partial charge in [0.05, 0.1) is 10.7 Å². The summed E-state index contributed by atoms with van der Waals surface area (Å²) in [5.41, 5.74) is 1.85. The van der Waals surface area contributed by atoms with Crippen molar-refractivity contribution in [3.63, 3.8) is 0 Å². The maximum Gasteiger partial charge on any atom is 0.110 e. The van der Waals surface area contributed by atoms with E-state index in [1.165, 1.54) is 0 Å². The smallest absolute Gasteiger partial charge is 0.110 e. The summed E-state index contributed by atoms with van der Waals surface area (Å²) in [7, 11) is 1.98. The van der Waals surface area contributed by atoms with Crippen molar-refractivity contribution in [2.24, 2.45) is 7.05 Å². The Balaban J connectivity index is 1.99. The molecule has 0 atom stereocenters. The molecule has 0 saturated heterocycles. The van der Waals surface area contributed by atoms with E-state index in [0.29, 0.717) is 5.02 Å². The van der Waals surface area contributed by atoms with Crippen molar-refractivity contribution < 1.29 is 0 Å². The van der Waals surface area contributed by atoms with E-state index in [0.717, 1.165) is 35.1 Å². The van der Waals surface area contributed by atoms with Gasteiger partial charge in [0.1, 0.15) is 5.82 Å². The Bertz CT molecular complexity index is 549. The van der Waals surface area contributed by atoms with E-state index in [9.17, 15) is 0 Å². The fourth-order valence-corrected chi connectivity index (χ4v) is 2.18. The highest BCUT2D eigenvalue weighted by molar-refractivity contribution is 6.35. The van der Waals surface area contributed by atoms with Crippen LogP contribution in [0.3, 0.4) is 0 Å². The van der Waals surface area contributed by atoms with Crippen molar-refractivity contribution in [3.8, 4) is 0 Å². The summed E-state index contributed by atoms with van der Waals surface area (Å²) in [6, 6.07) is 3.73. The molecule has 1 aromatic carbocycles. The summed E-state index contributed by atoms with van der Waals surface area (Å²) >= 11 is 12.2. The monoisotopic (exact) mass is 283 g/mol. The lowest BCUT2D eigenvalue weighted by atomic mass is 10.2. The second-order valence-corrected chi connectivity index (χ2v) is 5.03. The zero-order valence-electron chi connectivity index (χ0n) is 10.4. The van der Waals surface area contributed by atoms with Gasteiger partial charge in [0.15, 0.2) is 0 Å². The minimum Gasteiger partial charge on any atom is -0.383 e. The molecule has 0 amide bonds. The number of nitrogens with zero attached hydrogens (tertiary/aromatic N) is 2. The molecule has 0 aliphatic carbocycles. The first-order chi connectivity index (χ1) is 8.58. The van der Waals surface area contributed by atoms with Crippen LogP contribution in [0.2, 0.25) is 10.0 Å². The van der Waals surface area contributed by atoms with Crippen LogP contribution in [0.15, 0.2) is 24.5 Å². The van der Waals surface area contributed by atoms with Crippen LogP contribution in [0.1, 0.15) is 11.4 Å². The lowest BCUT2D eigenvalue weighted by molar-refractivity contribution is 0.789. The first kappa shape index (κ1) is 13.2. The van der Waals surface area contributed by atoms with Gasteiger partial charge in [0.2, 0.25) is 0 Å². The molecule has 0 aliphatic rings. The minimum atomic E-state index is 0.691. The third kappa shape index (κ3) is 2.98. The van der Waals surface area contributed by atoms with E-state index < -0.39 is 0 Å². The summed E-state index contributed by atoms with van der Waals surface area (Å²) in [6.07, 6.45) is 4.57. The van der Waals surface area contributed by atoms with Gasteiger partial charge in [0, 0.05) is 37.4 Å². The topological polar surface area (TPSA) is 29.9 Å². The van der Waals surface area contributed by atoms with E-state index in [2.05, 4.69) is 10.3 Å². The molecule has 3 nitrogen and oxygen atoms in total. The Morgan fingerprint density at radius 3 is 2.72 bits per heavy atom. The van der Waals surface area contributed by atoms with Crippen molar-refractivity contribution in [3.05, 3.63) is 46.0 Å². The lowest BCUT2D eigenvalue weighted by Gasteiger charge is -2.10. The lowest BCUT2D eigenvalue weighted by Crippen LogP contribution is -2.09. The molecule has 1 N–H and O–H groups in total. The van der Waals surface area contributed by atoms with Crippen molar-refractivity contribution in [1.82, 2.24) is 9.55 Å². The van der Waals surface area contributed by atoms with Crippen LogP contribution in [-0.2, 0) is 13.5 Å². The van der Waals surface area contributed by atoms with Crippen LogP contribution in [-0.4, -0.2) is 16.1 Å². The van der Waals surface area contributed by atoms with E-state index in [1.807, 2.05) is 36.9 Å². The van der Waals surface area contributed by atoms with E-state index >= 15 is 0 Å². The largest absolute Gasteiger partial charge is 0.383 e. The first-order valence-corrected chi connectivity index (χ1v) is 6.49. The number of anilines is 1. The molecule has 0 fully saturated rings. The molecule has 0 aliphatic heterocycles. The Morgan fingerprint density at radius 1 is 1.28 bits per heavy atom. The molecule has 5 heteroatoms. The standard InChI is InChI=1S/C13H15Cl2N3/c1-9-7-11(15)12(8-10(9)14)16-4-3-13-17-5-6-18(13)2/h5-8,16H,3-4H2,1-2H3. The quantitative estimate of drug-likeness (QED) is 0.928. The zero-order valence-corrected chi connectivity index (χ0v) is 11.9. The van der Waals surface area contributed by atoms with Gasteiger partial charge >= 0.3 is 0 Å².